The summed E-state index contributed by atoms with van der Waals surface area (Å²) in [7, 11) is 1.66. The van der Waals surface area contributed by atoms with Crippen LogP contribution >= 0.6 is 0 Å². The number of methoxy groups -OCH3 is 1. The number of nitrogens with two attached hydrogens (primary N) is 1. The monoisotopic (exact) mass is 323 g/mol. The molecule has 25 heavy (non-hydrogen) atoms. The summed E-state index contributed by atoms with van der Waals surface area (Å²) < 4.78 is 5.46. The van der Waals surface area contributed by atoms with Crippen LogP contribution in [0.1, 0.15) is 0 Å². The minimum absolute atomic E-state index is 0.700. The topological polar surface area (TPSA) is 35.2 Å². The highest BCUT2D eigenvalue weighted by Gasteiger charge is 2.14. The maximum Gasteiger partial charge on any atom is 0.142 e. The Morgan fingerprint density at radius 1 is 0.600 bits per heavy atom. The maximum atomic E-state index is 6.47. The zero-order valence-corrected chi connectivity index (χ0v) is 13.9. The van der Waals surface area contributed by atoms with Gasteiger partial charge in [-0.05, 0) is 49.8 Å². The molecular weight excluding hydrogens is 306 g/mol. The second-order valence-electron chi connectivity index (χ2n) is 6.36. The number of anilines is 1. The molecule has 0 bridgehead atoms. The van der Waals surface area contributed by atoms with E-state index < -0.39 is 0 Å². The van der Waals surface area contributed by atoms with Crippen LogP contribution in [0.5, 0.6) is 5.75 Å². The Morgan fingerprint density at radius 2 is 1.16 bits per heavy atom. The first-order valence-electron chi connectivity index (χ1n) is 8.38. The number of nitrogen functional groups attached to an aromatic ring is 1. The fourth-order valence-electron chi connectivity index (χ4n) is 4.00. The van der Waals surface area contributed by atoms with Gasteiger partial charge in [0.25, 0.3) is 0 Å². The number of rotatable bonds is 1. The van der Waals surface area contributed by atoms with Gasteiger partial charge in [0.05, 0.1) is 12.8 Å². The average Bonchev–Trinajstić information content (AvgIpc) is 2.67. The van der Waals surface area contributed by atoms with Crippen LogP contribution in [0.4, 0.5) is 5.69 Å². The Labute approximate surface area is 145 Å². The van der Waals surface area contributed by atoms with Gasteiger partial charge < -0.3 is 10.5 Å². The van der Waals surface area contributed by atoms with Gasteiger partial charge in [-0.1, -0.05) is 60.7 Å². The SMILES string of the molecule is COc1ccc2c3ccc4ccccc4c3c3ccccc3c2c1N. The van der Waals surface area contributed by atoms with E-state index in [0.29, 0.717) is 5.69 Å². The van der Waals surface area contributed by atoms with E-state index in [1.54, 1.807) is 7.11 Å². The van der Waals surface area contributed by atoms with Crippen LogP contribution in [0.15, 0.2) is 72.8 Å². The van der Waals surface area contributed by atoms with Gasteiger partial charge in [-0.15, -0.1) is 0 Å². The third kappa shape index (κ3) is 1.85. The number of hydrogen-bond donors (Lipinski definition) is 1. The Bertz CT molecular complexity index is 1270. The third-order valence-electron chi connectivity index (χ3n) is 5.11. The third-order valence-corrected chi connectivity index (χ3v) is 5.11. The van der Waals surface area contributed by atoms with Crippen molar-refractivity contribution in [2.24, 2.45) is 0 Å². The molecule has 0 saturated carbocycles. The molecule has 2 heteroatoms. The van der Waals surface area contributed by atoms with Gasteiger partial charge in [0.1, 0.15) is 5.75 Å². The molecule has 0 amide bonds. The minimum atomic E-state index is 0.700. The molecule has 0 heterocycles. The van der Waals surface area contributed by atoms with Crippen LogP contribution in [0.25, 0.3) is 43.1 Å². The van der Waals surface area contributed by atoms with Crippen molar-refractivity contribution in [3.63, 3.8) is 0 Å². The maximum absolute atomic E-state index is 6.47. The average molecular weight is 323 g/mol. The summed E-state index contributed by atoms with van der Waals surface area (Å²) >= 11 is 0. The predicted octanol–water partition coefficient (Wildman–Crippen LogP) is 5.89. The largest absolute Gasteiger partial charge is 0.495 e. The number of ether oxygens (including phenoxy) is 1. The van der Waals surface area contributed by atoms with E-state index in [4.69, 9.17) is 10.5 Å². The molecule has 2 nitrogen and oxygen atoms in total. The molecule has 0 aliphatic rings. The van der Waals surface area contributed by atoms with Crippen molar-refractivity contribution in [3.05, 3.63) is 72.8 Å². The van der Waals surface area contributed by atoms with Crippen molar-refractivity contribution < 1.29 is 4.74 Å². The lowest BCUT2D eigenvalue weighted by Crippen LogP contribution is -1.95. The Kier molecular flexibility index (Phi) is 2.89. The highest BCUT2D eigenvalue weighted by atomic mass is 16.5. The summed E-state index contributed by atoms with van der Waals surface area (Å²) in [6.07, 6.45) is 0. The molecule has 0 aromatic heterocycles. The van der Waals surface area contributed by atoms with E-state index in [1.165, 1.54) is 26.9 Å². The van der Waals surface area contributed by atoms with E-state index in [9.17, 15) is 0 Å². The molecule has 5 aromatic rings. The zero-order chi connectivity index (χ0) is 17.0. The summed E-state index contributed by atoms with van der Waals surface area (Å²) in [6.45, 7) is 0. The highest BCUT2D eigenvalue weighted by molar-refractivity contribution is 6.33. The molecular formula is C23H17NO. The second-order valence-corrected chi connectivity index (χ2v) is 6.36. The van der Waals surface area contributed by atoms with Crippen molar-refractivity contribution in [2.75, 3.05) is 12.8 Å². The summed E-state index contributed by atoms with van der Waals surface area (Å²) in [6, 6.07) is 25.5. The molecule has 0 spiro atoms. The van der Waals surface area contributed by atoms with Crippen molar-refractivity contribution in [1.29, 1.82) is 0 Å². The summed E-state index contributed by atoms with van der Waals surface area (Å²) in [5.74, 6) is 0.720. The first-order valence-corrected chi connectivity index (χ1v) is 8.38. The Hall–Kier alpha value is -3.26. The fourth-order valence-corrected chi connectivity index (χ4v) is 4.00. The van der Waals surface area contributed by atoms with E-state index in [1.807, 2.05) is 6.07 Å². The lowest BCUT2D eigenvalue weighted by Gasteiger charge is -2.15. The normalized spacial score (nSPS) is 11.6. The van der Waals surface area contributed by atoms with Crippen LogP contribution in [0.2, 0.25) is 0 Å². The summed E-state index contributed by atoms with van der Waals surface area (Å²) in [4.78, 5) is 0. The molecule has 0 aliphatic carbocycles. The van der Waals surface area contributed by atoms with Crippen molar-refractivity contribution in [2.45, 2.75) is 0 Å². The van der Waals surface area contributed by atoms with E-state index in [2.05, 4.69) is 66.7 Å². The quantitative estimate of drug-likeness (QED) is 0.308. The van der Waals surface area contributed by atoms with E-state index in [-0.39, 0.29) is 0 Å². The van der Waals surface area contributed by atoms with E-state index in [0.717, 1.165) is 21.9 Å². The molecule has 0 aliphatic heterocycles. The molecule has 2 N–H and O–H groups in total. The first kappa shape index (κ1) is 14.1. The lowest BCUT2D eigenvalue weighted by atomic mass is 9.90. The number of hydrogen-bond acceptors (Lipinski definition) is 2. The minimum Gasteiger partial charge on any atom is -0.495 e. The molecule has 0 radical (unpaired) electrons. The van der Waals surface area contributed by atoms with Gasteiger partial charge in [-0.2, -0.15) is 0 Å². The number of benzene rings is 5. The fraction of sp³-hybridized carbons (Fsp3) is 0.0435. The van der Waals surface area contributed by atoms with Gasteiger partial charge in [0.2, 0.25) is 0 Å². The highest BCUT2D eigenvalue weighted by Crippen LogP contribution is 2.43. The zero-order valence-electron chi connectivity index (χ0n) is 13.9. The van der Waals surface area contributed by atoms with Crippen LogP contribution in [-0.2, 0) is 0 Å². The predicted molar refractivity (Wildman–Crippen MR) is 107 cm³/mol. The first-order chi connectivity index (χ1) is 12.3. The molecule has 0 atom stereocenters. The smallest absolute Gasteiger partial charge is 0.142 e. The van der Waals surface area contributed by atoms with Crippen molar-refractivity contribution in [3.8, 4) is 5.75 Å². The summed E-state index contributed by atoms with van der Waals surface area (Å²) in [5.41, 5.74) is 7.17. The summed E-state index contributed by atoms with van der Waals surface area (Å²) in [5, 5.41) is 9.65. The van der Waals surface area contributed by atoms with Gasteiger partial charge >= 0.3 is 0 Å². The lowest BCUT2D eigenvalue weighted by molar-refractivity contribution is 0.417. The van der Waals surface area contributed by atoms with Crippen molar-refractivity contribution in [1.82, 2.24) is 0 Å². The Morgan fingerprint density at radius 3 is 1.92 bits per heavy atom. The van der Waals surface area contributed by atoms with Crippen molar-refractivity contribution >= 4 is 48.8 Å². The van der Waals surface area contributed by atoms with Gasteiger partial charge in [0.15, 0.2) is 0 Å². The van der Waals surface area contributed by atoms with Crippen LogP contribution in [0.3, 0.4) is 0 Å². The van der Waals surface area contributed by atoms with Crippen LogP contribution in [0, 0.1) is 0 Å². The van der Waals surface area contributed by atoms with Gasteiger partial charge in [0, 0.05) is 5.39 Å². The molecule has 5 rings (SSSR count). The van der Waals surface area contributed by atoms with Gasteiger partial charge in [-0.25, -0.2) is 0 Å². The molecule has 0 fully saturated rings. The molecule has 0 unspecified atom stereocenters. The van der Waals surface area contributed by atoms with Crippen LogP contribution in [-0.4, -0.2) is 7.11 Å². The van der Waals surface area contributed by atoms with Gasteiger partial charge in [-0.3, -0.25) is 0 Å². The molecule has 120 valence electrons. The second kappa shape index (κ2) is 5.12. The standard InChI is InChI=1S/C23H17NO/c1-25-20-13-12-19-18-11-10-14-6-2-3-7-15(14)21(18)16-8-4-5-9-17(16)22(19)23(20)24/h2-13H,24H2,1H3. The number of fused-ring (bicyclic) bond motifs is 8. The Balaban J connectivity index is 2.18. The van der Waals surface area contributed by atoms with E-state index >= 15 is 0 Å². The molecule has 0 saturated heterocycles. The molecule has 5 aromatic carbocycles. The van der Waals surface area contributed by atoms with Crippen LogP contribution < -0.4 is 10.5 Å².